The molecule has 0 N–H and O–H groups in total. The second-order valence-electron chi connectivity index (χ2n) is 16.3. The van der Waals surface area contributed by atoms with Gasteiger partial charge in [0.1, 0.15) is 11.3 Å². The molecule has 61 heavy (non-hydrogen) atoms. The van der Waals surface area contributed by atoms with Crippen molar-refractivity contribution in [3.8, 4) is 44.7 Å². The number of hydrogen-bond acceptors (Lipinski definition) is 2. The van der Waals surface area contributed by atoms with Crippen LogP contribution in [0, 0.1) is 0 Å². The summed E-state index contributed by atoms with van der Waals surface area (Å²) in [5.41, 5.74) is 17.6. The van der Waals surface area contributed by atoms with Crippen LogP contribution in [-0.4, -0.2) is 0 Å². The van der Waals surface area contributed by atoms with Gasteiger partial charge in [0.05, 0.1) is 5.41 Å². The number of fused-ring (bicyclic) bond motifs is 16. The van der Waals surface area contributed by atoms with E-state index >= 15 is 0 Å². The monoisotopic (exact) mass is 775 g/mol. The molecule has 2 aliphatic carbocycles. The molecule has 0 fully saturated rings. The standard InChI is InChI=1S/C59H37NO/c1-3-17-39(18-4-1)57-55(56-49-26-9-7-21-43(49)44-22-8-10-27-50(44)58(56)61-57)38-31-33-41(34-32-38)60(40-19-5-2-6-20-40)42-35-36-48-47-25-13-16-30-53(47)59(54(48)37-42)51-28-14-11-23-45(51)46-24-12-15-29-52(46)59/h1-37H. The van der Waals surface area contributed by atoms with E-state index in [9.17, 15) is 0 Å². The smallest absolute Gasteiger partial charge is 0.143 e. The topological polar surface area (TPSA) is 16.4 Å². The highest BCUT2D eigenvalue weighted by molar-refractivity contribution is 6.28. The molecule has 0 bridgehead atoms. The Kier molecular flexibility index (Phi) is 7.26. The largest absolute Gasteiger partial charge is 0.455 e. The SMILES string of the molecule is c1ccc(-c2oc3c4ccccc4c4ccccc4c3c2-c2ccc(N(c3ccccc3)c3ccc4c(c3)C3(c5ccccc5-c5ccccc53)c3ccccc3-4)cc2)cc1. The molecule has 0 amide bonds. The maximum absolute atomic E-state index is 7.03. The third-order valence-corrected chi connectivity index (χ3v) is 13.3. The first kappa shape index (κ1) is 34.0. The van der Waals surface area contributed by atoms with E-state index in [0.29, 0.717) is 0 Å². The van der Waals surface area contributed by atoms with Crippen molar-refractivity contribution < 1.29 is 4.42 Å². The van der Waals surface area contributed by atoms with Gasteiger partial charge >= 0.3 is 0 Å². The van der Waals surface area contributed by atoms with Crippen LogP contribution < -0.4 is 4.90 Å². The summed E-state index contributed by atoms with van der Waals surface area (Å²) in [4.78, 5) is 2.40. The summed E-state index contributed by atoms with van der Waals surface area (Å²) in [5.74, 6) is 0.880. The summed E-state index contributed by atoms with van der Waals surface area (Å²) in [6.45, 7) is 0. The third kappa shape index (κ3) is 4.73. The Bertz CT molecular complexity index is 3460. The second-order valence-corrected chi connectivity index (χ2v) is 16.3. The Hall–Kier alpha value is -7.94. The van der Waals surface area contributed by atoms with Crippen molar-refractivity contribution >= 4 is 49.6 Å². The molecular weight excluding hydrogens is 739 g/mol. The summed E-state index contributed by atoms with van der Waals surface area (Å²) in [6.07, 6.45) is 0. The molecule has 0 saturated heterocycles. The normalized spacial score (nSPS) is 13.0. The number of hydrogen-bond donors (Lipinski definition) is 0. The third-order valence-electron chi connectivity index (χ3n) is 13.3. The molecule has 0 atom stereocenters. The van der Waals surface area contributed by atoms with Crippen molar-refractivity contribution in [1.29, 1.82) is 0 Å². The van der Waals surface area contributed by atoms with E-state index in [1.807, 2.05) is 0 Å². The average molecular weight is 776 g/mol. The van der Waals surface area contributed by atoms with Crippen molar-refractivity contribution in [3.63, 3.8) is 0 Å². The number of benzene rings is 10. The van der Waals surface area contributed by atoms with Gasteiger partial charge in [0.15, 0.2) is 0 Å². The minimum atomic E-state index is -0.426. The molecule has 0 radical (unpaired) electrons. The van der Waals surface area contributed by atoms with Crippen molar-refractivity contribution in [2.75, 3.05) is 4.90 Å². The Morgan fingerprint density at radius 3 is 1.41 bits per heavy atom. The van der Waals surface area contributed by atoms with Gasteiger partial charge in [-0.2, -0.15) is 0 Å². The summed E-state index contributed by atoms with van der Waals surface area (Å²) < 4.78 is 7.03. The molecule has 2 nitrogen and oxygen atoms in total. The van der Waals surface area contributed by atoms with Gasteiger partial charge < -0.3 is 9.32 Å². The Morgan fingerprint density at radius 1 is 0.328 bits per heavy atom. The van der Waals surface area contributed by atoms with Crippen LogP contribution in [0.15, 0.2) is 229 Å². The highest BCUT2D eigenvalue weighted by Crippen LogP contribution is 2.63. The number of nitrogens with zero attached hydrogens (tertiary/aromatic N) is 1. The van der Waals surface area contributed by atoms with E-state index in [4.69, 9.17) is 4.42 Å². The van der Waals surface area contributed by atoms with Gasteiger partial charge in [-0.15, -0.1) is 0 Å². The first-order valence-electron chi connectivity index (χ1n) is 21.1. The van der Waals surface area contributed by atoms with Crippen LogP contribution in [0.1, 0.15) is 22.3 Å². The number of anilines is 3. The van der Waals surface area contributed by atoms with E-state index in [1.54, 1.807) is 0 Å². The van der Waals surface area contributed by atoms with Gasteiger partial charge in [-0.05, 0) is 103 Å². The molecule has 284 valence electrons. The zero-order valence-corrected chi connectivity index (χ0v) is 33.2. The van der Waals surface area contributed by atoms with Gasteiger partial charge in [0, 0.05) is 39.0 Å². The van der Waals surface area contributed by atoms with Crippen LogP contribution in [0.2, 0.25) is 0 Å². The Labute approximate surface area is 354 Å². The van der Waals surface area contributed by atoms with Gasteiger partial charge in [-0.3, -0.25) is 0 Å². The summed E-state index contributed by atoms with van der Waals surface area (Å²) in [5, 5.41) is 5.87. The lowest BCUT2D eigenvalue weighted by Crippen LogP contribution is -2.26. The minimum Gasteiger partial charge on any atom is -0.455 e. The predicted octanol–water partition coefficient (Wildman–Crippen LogP) is 15.9. The van der Waals surface area contributed by atoms with Crippen LogP contribution in [0.3, 0.4) is 0 Å². The zero-order chi connectivity index (χ0) is 40.1. The predicted molar refractivity (Wildman–Crippen MR) is 253 cm³/mol. The molecule has 11 aromatic rings. The first-order valence-corrected chi connectivity index (χ1v) is 21.1. The molecule has 2 heteroatoms. The fraction of sp³-hybridized carbons (Fsp3) is 0.0169. The maximum Gasteiger partial charge on any atom is 0.143 e. The van der Waals surface area contributed by atoms with E-state index < -0.39 is 5.41 Å². The maximum atomic E-state index is 7.03. The van der Waals surface area contributed by atoms with E-state index in [0.717, 1.165) is 55.9 Å². The van der Waals surface area contributed by atoms with Gasteiger partial charge in [0.25, 0.3) is 0 Å². The Morgan fingerprint density at radius 2 is 0.787 bits per heavy atom. The molecule has 0 saturated carbocycles. The molecule has 1 aromatic heterocycles. The highest BCUT2D eigenvalue weighted by Gasteiger charge is 2.51. The lowest BCUT2D eigenvalue weighted by Gasteiger charge is -2.32. The van der Waals surface area contributed by atoms with Gasteiger partial charge in [-0.25, -0.2) is 0 Å². The van der Waals surface area contributed by atoms with Crippen LogP contribution >= 0.6 is 0 Å². The van der Waals surface area contributed by atoms with Crippen molar-refractivity contribution in [2.24, 2.45) is 0 Å². The van der Waals surface area contributed by atoms with Crippen molar-refractivity contribution in [3.05, 3.63) is 247 Å². The van der Waals surface area contributed by atoms with Crippen LogP contribution in [0.5, 0.6) is 0 Å². The van der Waals surface area contributed by atoms with Gasteiger partial charge in [-0.1, -0.05) is 188 Å². The van der Waals surface area contributed by atoms with E-state index in [1.165, 1.54) is 60.7 Å². The summed E-state index contributed by atoms with van der Waals surface area (Å²) in [6, 6.07) is 81.9. The summed E-state index contributed by atoms with van der Waals surface area (Å²) in [7, 11) is 0. The molecule has 13 rings (SSSR count). The van der Waals surface area contributed by atoms with Crippen molar-refractivity contribution in [2.45, 2.75) is 5.41 Å². The van der Waals surface area contributed by atoms with Crippen LogP contribution in [0.25, 0.3) is 77.2 Å². The first-order chi connectivity index (χ1) is 30.3. The molecule has 0 unspecified atom stereocenters. The molecule has 1 heterocycles. The average Bonchev–Trinajstić information content (AvgIpc) is 3.98. The van der Waals surface area contributed by atoms with Crippen molar-refractivity contribution in [1.82, 2.24) is 0 Å². The number of para-hydroxylation sites is 1. The van der Waals surface area contributed by atoms with Crippen LogP contribution in [-0.2, 0) is 5.41 Å². The second kappa shape index (κ2) is 13.0. The lowest BCUT2D eigenvalue weighted by atomic mass is 9.70. The highest BCUT2D eigenvalue weighted by atomic mass is 16.3. The number of rotatable bonds is 5. The quantitative estimate of drug-likeness (QED) is 0.162. The lowest BCUT2D eigenvalue weighted by molar-refractivity contribution is 0.636. The molecule has 1 spiro atoms. The number of furan rings is 1. The fourth-order valence-electron chi connectivity index (χ4n) is 10.8. The van der Waals surface area contributed by atoms with Gasteiger partial charge in [0.2, 0.25) is 0 Å². The fourth-order valence-corrected chi connectivity index (χ4v) is 10.8. The zero-order valence-electron chi connectivity index (χ0n) is 33.2. The Balaban J connectivity index is 1.02. The van der Waals surface area contributed by atoms with Crippen LogP contribution in [0.4, 0.5) is 17.1 Å². The molecule has 0 aliphatic heterocycles. The van der Waals surface area contributed by atoms with E-state index in [-0.39, 0.29) is 0 Å². The minimum absolute atomic E-state index is 0.426. The molecule has 2 aliphatic rings. The molecule has 10 aromatic carbocycles. The summed E-state index contributed by atoms with van der Waals surface area (Å²) >= 11 is 0. The molecular formula is C59H37NO. The van der Waals surface area contributed by atoms with E-state index in [2.05, 4.69) is 229 Å².